The summed E-state index contributed by atoms with van der Waals surface area (Å²) in [5, 5.41) is 18.3. The maximum absolute atomic E-state index is 12.9. The number of halogens is 1. The van der Waals surface area contributed by atoms with Crippen LogP contribution in [0.4, 0.5) is 4.39 Å². The molecule has 0 radical (unpaired) electrons. The first-order valence-corrected chi connectivity index (χ1v) is 4.14. The van der Waals surface area contributed by atoms with Gasteiger partial charge in [0.1, 0.15) is 11.9 Å². The highest BCUT2D eigenvalue weighted by atomic mass is 19.1. The van der Waals surface area contributed by atoms with Gasteiger partial charge in [0.2, 0.25) is 0 Å². The van der Waals surface area contributed by atoms with Crippen LogP contribution < -0.4 is 5.73 Å². The number of aliphatic hydroxyl groups is 1. The molecule has 1 unspecified atom stereocenters. The molecular weight excluding hydrogens is 183 g/mol. The third-order valence-corrected chi connectivity index (χ3v) is 2.11. The van der Waals surface area contributed by atoms with Gasteiger partial charge < -0.3 is 10.8 Å². The molecule has 0 bridgehead atoms. The van der Waals surface area contributed by atoms with Crippen molar-refractivity contribution in [1.29, 1.82) is 5.26 Å². The van der Waals surface area contributed by atoms with Crippen LogP contribution in [0.1, 0.15) is 18.1 Å². The first-order valence-electron chi connectivity index (χ1n) is 4.14. The molecule has 0 saturated heterocycles. The Hall–Kier alpha value is -1.44. The number of hydrogen-bond acceptors (Lipinski definition) is 3. The summed E-state index contributed by atoms with van der Waals surface area (Å²) < 4.78 is 12.9. The monoisotopic (exact) mass is 194 g/mol. The van der Waals surface area contributed by atoms with Crippen molar-refractivity contribution in [2.24, 2.45) is 5.73 Å². The second-order valence-corrected chi connectivity index (χ2v) is 3.28. The molecule has 0 amide bonds. The minimum absolute atomic E-state index is 0.0174. The van der Waals surface area contributed by atoms with E-state index in [0.717, 1.165) is 6.07 Å². The molecular formula is C10H11FN2O. The minimum Gasteiger partial charge on any atom is -0.384 e. The topological polar surface area (TPSA) is 70.0 Å². The van der Waals surface area contributed by atoms with Crippen molar-refractivity contribution in [3.63, 3.8) is 0 Å². The summed E-state index contributed by atoms with van der Waals surface area (Å²) in [5.74, 6) is -0.593. The summed E-state index contributed by atoms with van der Waals surface area (Å²) >= 11 is 0. The molecule has 0 fully saturated rings. The van der Waals surface area contributed by atoms with Gasteiger partial charge in [-0.15, -0.1) is 0 Å². The van der Waals surface area contributed by atoms with E-state index in [0.29, 0.717) is 5.56 Å². The van der Waals surface area contributed by atoms with E-state index in [-0.39, 0.29) is 12.1 Å². The Bertz CT molecular complexity index is 382. The van der Waals surface area contributed by atoms with Crippen molar-refractivity contribution < 1.29 is 9.50 Å². The summed E-state index contributed by atoms with van der Waals surface area (Å²) in [5.41, 5.74) is 4.47. The Morgan fingerprint density at radius 2 is 2.29 bits per heavy atom. The van der Waals surface area contributed by atoms with Gasteiger partial charge in [-0.3, -0.25) is 0 Å². The van der Waals surface area contributed by atoms with Gasteiger partial charge in [-0.25, -0.2) is 4.39 Å². The van der Waals surface area contributed by atoms with Crippen molar-refractivity contribution in [2.75, 3.05) is 6.54 Å². The molecule has 1 aromatic carbocycles. The molecule has 0 saturated carbocycles. The number of nitrogens with two attached hydrogens (primary N) is 1. The van der Waals surface area contributed by atoms with Crippen molar-refractivity contribution >= 4 is 0 Å². The molecule has 3 N–H and O–H groups in total. The Morgan fingerprint density at radius 3 is 2.79 bits per heavy atom. The maximum Gasteiger partial charge on any atom is 0.140 e. The van der Waals surface area contributed by atoms with Crippen molar-refractivity contribution in [2.45, 2.75) is 12.5 Å². The van der Waals surface area contributed by atoms with E-state index in [4.69, 9.17) is 11.0 Å². The van der Waals surface area contributed by atoms with E-state index >= 15 is 0 Å². The average Bonchev–Trinajstić information content (AvgIpc) is 2.18. The molecule has 1 atom stereocenters. The fourth-order valence-corrected chi connectivity index (χ4v) is 1.06. The van der Waals surface area contributed by atoms with Gasteiger partial charge in [0.15, 0.2) is 0 Å². The predicted molar refractivity (Wildman–Crippen MR) is 49.7 cm³/mol. The lowest BCUT2D eigenvalue weighted by atomic mass is 9.95. The highest BCUT2D eigenvalue weighted by Crippen LogP contribution is 2.21. The van der Waals surface area contributed by atoms with Gasteiger partial charge in [-0.05, 0) is 24.6 Å². The zero-order chi connectivity index (χ0) is 10.8. The predicted octanol–water partition coefficient (Wildman–Crippen LogP) is 0.864. The smallest absolute Gasteiger partial charge is 0.140 e. The molecule has 0 spiro atoms. The zero-order valence-electron chi connectivity index (χ0n) is 7.79. The van der Waals surface area contributed by atoms with E-state index in [1.54, 1.807) is 6.07 Å². The minimum atomic E-state index is -1.22. The van der Waals surface area contributed by atoms with Crippen molar-refractivity contribution in [1.82, 2.24) is 0 Å². The Balaban J connectivity index is 3.21. The fourth-order valence-electron chi connectivity index (χ4n) is 1.06. The first-order chi connectivity index (χ1) is 6.51. The maximum atomic E-state index is 12.9. The van der Waals surface area contributed by atoms with Gasteiger partial charge in [0.05, 0.1) is 11.2 Å². The van der Waals surface area contributed by atoms with E-state index in [1.165, 1.54) is 19.1 Å². The SMILES string of the molecule is CC(O)(CN)c1ccc(F)c(C#N)c1. The van der Waals surface area contributed by atoms with Crippen LogP contribution in [0, 0.1) is 17.1 Å². The standard InChI is InChI=1S/C10H11FN2O/c1-10(14,6-13)8-2-3-9(11)7(4-8)5-12/h2-4,14H,6,13H2,1H3. The molecule has 4 heteroatoms. The highest BCUT2D eigenvalue weighted by Gasteiger charge is 2.21. The lowest BCUT2D eigenvalue weighted by Gasteiger charge is -2.21. The van der Waals surface area contributed by atoms with Crippen LogP contribution in [-0.4, -0.2) is 11.7 Å². The lowest BCUT2D eigenvalue weighted by Crippen LogP contribution is -2.31. The number of nitrogens with zero attached hydrogens (tertiary/aromatic N) is 1. The quantitative estimate of drug-likeness (QED) is 0.733. The average molecular weight is 194 g/mol. The van der Waals surface area contributed by atoms with Crippen molar-refractivity contribution in [3.05, 3.63) is 35.1 Å². The third-order valence-electron chi connectivity index (χ3n) is 2.11. The van der Waals surface area contributed by atoms with E-state index in [9.17, 15) is 9.50 Å². The number of nitriles is 1. The highest BCUT2D eigenvalue weighted by molar-refractivity contribution is 5.36. The Labute approximate surface area is 81.6 Å². The van der Waals surface area contributed by atoms with Gasteiger partial charge in [-0.2, -0.15) is 5.26 Å². The first kappa shape index (κ1) is 10.6. The third kappa shape index (κ3) is 1.90. The molecule has 0 aromatic heterocycles. The van der Waals surface area contributed by atoms with Crippen LogP contribution in [0.3, 0.4) is 0 Å². The molecule has 3 nitrogen and oxygen atoms in total. The molecule has 1 rings (SSSR count). The van der Waals surface area contributed by atoms with E-state index < -0.39 is 11.4 Å². The van der Waals surface area contributed by atoms with Crippen LogP contribution in [0.5, 0.6) is 0 Å². The second-order valence-electron chi connectivity index (χ2n) is 3.28. The van der Waals surface area contributed by atoms with Crippen LogP contribution in [0.2, 0.25) is 0 Å². The summed E-state index contributed by atoms with van der Waals surface area (Å²) in [4.78, 5) is 0. The number of rotatable bonds is 2. The lowest BCUT2D eigenvalue weighted by molar-refractivity contribution is 0.0667. The van der Waals surface area contributed by atoms with Crippen LogP contribution >= 0.6 is 0 Å². The molecule has 1 aromatic rings. The molecule has 0 aliphatic rings. The molecule has 0 aliphatic carbocycles. The largest absolute Gasteiger partial charge is 0.384 e. The Kier molecular flexibility index (Phi) is 2.84. The van der Waals surface area contributed by atoms with E-state index in [2.05, 4.69) is 0 Å². The second kappa shape index (κ2) is 3.74. The van der Waals surface area contributed by atoms with Gasteiger partial charge in [0, 0.05) is 6.54 Å². The fraction of sp³-hybridized carbons (Fsp3) is 0.300. The summed E-state index contributed by atoms with van der Waals surface area (Å²) in [6, 6.07) is 5.58. The van der Waals surface area contributed by atoms with Crippen molar-refractivity contribution in [3.8, 4) is 6.07 Å². The Morgan fingerprint density at radius 1 is 1.64 bits per heavy atom. The normalized spacial score (nSPS) is 14.5. The molecule has 0 heterocycles. The van der Waals surface area contributed by atoms with Gasteiger partial charge >= 0.3 is 0 Å². The van der Waals surface area contributed by atoms with E-state index in [1.807, 2.05) is 0 Å². The van der Waals surface area contributed by atoms with Crippen LogP contribution in [0.25, 0.3) is 0 Å². The molecule has 14 heavy (non-hydrogen) atoms. The zero-order valence-corrected chi connectivity index (χ0v) is 7.79. The molecule has 74 valence electrons. The summed E-state index contributed by atoms with van der Waals surface area (Å²) in [6.45, 7) is 1.53. The van der Waals surface area contributed by atoms with Crippen LogP contribution in [-0.2, 0) is 5.60 Å². The van der Waals surface area contributed by atoms with Gasteiger partial charge in [0.25, 0.3) is 0 Å². The summed E-state index contributed by atoms with van der Waals surface area (Å²) in [7, 11) is 0. The molecule has 0 aliphatic heterocycles. The summed E-state index contributed by atoms with van der Waals surface area (Å²) in [6.07, 6.45) is 0. The van der Waals surface area contributed by atoms with Gasteiger partial charge in [-0.1, -0.05) is 6.07 Å². The van der Waals surface area contributed by atoms with Crippen LogP contribution in [0.15, 0.2) is 18.2 Å². The number of hydrogen-bond donors (Lipinski definition) is 2. The number of benzene rings is 1.